The molecule has 0 aliphatic rings. The van der Waals surface area contributed by atoms with E-state index in [2.05, 4.69) is 12.1 Å². The maximum Gasteiger partial charge on any atom is 0.0700 e. The van der Waals surface area contributed by atoms with Crippen LogP contribution in [0.4, 0.5) is 0 Å². The first-order valence-corrected chi connectivity index (χ1v) is 3.58. The number of rotatable bonds is 2. The van der Waals surface area contributed by atoms with E-state index in [0.29, 0.717) is 0 Å². The predicted molar refractivity (Wildman–Crippen MR) is 45.3 cm³/mol. The first kappa shape index (κ1) is 7.39. The van der Waals surface area contributed by atoms with Gasteiger partial charge in [0.15, 0.2) is 0 Å². The van der Waals surface area contributed by atoms with Crippen molar-refractivity contribution in [2.75, 3.05) is 0 Å². The van der Waals surface area contributed by atoms with Crippen LogP contribution in [-0.2, 0) is 6.42 Å². The molecule has 0 N–H and O–H groups in total. The van der Waals surface area contributed by atoms with Crippen molar-refractivity contribution in [3.05, 3.63) is 35.9 Å². The molecule has 10 heavy (non-hydrogen) atoms. The zero-order chi connectivity index (χ0) is 7.40. The largest absolute Gasteiger partial charge is 0.0762 e. The van der Waals surface area contributed by atoms with Crippen molar-refractivity contribution >= 4 is 7.85 Å². The fourth-order valence-electron chi connectivity index (χ4n) is 0.986. The molecule has 1 aromatic rings. The Labute approximate surface area is 63.7 Å². The highest BCUT2D eigenvalue weighted by atomic mass is 13.9. The summed E-state index contributed by atoms with van der Waals surface area (Å²) in [4.78, 5) is 0. The molecule has 2 radical (unpaired) electrons. The summed E-state index contributed by atoms with van der Waals surface area (Å²) < 4.78 is 0. The highest BCUT2D eigenvalue weighted by Crippen LogP contribution is 2.08. The molecule has 0 fully saturated rings. The molecule has 50 valence electrons. The van der Waals surface area contributed by atoms with Gasteiger partial charge in [0, 0.05) is 0 Å². The highest BCUT2D eigenvalue weighted by molar-refractivity contribution is 6.11. The van der Waals surface area contributed by atoms with E-state index in [1.165, 1.54) is 5.56 Å². The van der Waals surface area contributed by atoms with Gasteiger partial charge in [0.05, 0.1) is 7.85 Å². The van der Waals surface area contributed by atoms with E-state index in [0.717, 1.165) is 6.42 Å². The van der Waals surface area contributed by atoms with Crippen molar-refractivity contribution in [2.24, 2.45) is 0 Å². The lowest BCUT2D eigenvalue weighted by Crippen LogP contribution is -1.90. The van der Waals surface area contributed by atoms with E-state index < -0.39 is 0 Å². The molecule has 1 heteroatoms. The van der Waals surface area contributed by atoms with Gasteiger partial charge in [0.25, 0.3) is 0 Å². The summed E-state index contributed by atoms with van der Waals surface area (Å²) in [5.74, 6) is 0.266. The quantitative estimate of drug-likeness (QED) is 0.538. The first-order chi connectivity index (χ1) is 4.79. The average molecular weight is 130 g/mol. The van der Waals surface area contributed by atoms with Gasteiger partial charge in [-0.2, -0.15) is 0 Å². The minimum atomic E-state index is 0.266. The lowest BCUT2D eigenvalue weighted by molar-refractivity contribution is 0.916. The second-order valence-corrected chi connectivity index (χ2v) is 2.67. The minimum absolute atomic E-state index is 0.266. The van der Waals surface area contributed by atoms with Gasteiger partial charge in [-0.05, 0) is 12.0 Å². The van der Waals surface area contributed by atoms with Crippen LogP contribution in [0.5, 0.6) is 0 Å². The van der Waals surface area contributed by atoms with Crippen LogP contribution < -0.4 is 0 Å². The van der Waals surface area contributed by atoms with Gasteiger partial charge in [-0.15, -0.1) is 0 Å². The fourth-order valence-corrected chi connectivity index (χ4v) is 0.986. The summed E-state index contributed by atoms with van der Waals surface area (Å²) >= 11 is 0. The third-order valence-corrected chi connectivity index (χ3v) is 1.40. The van der Waals surface area contributed by atoms with Crippen LogP contribution in [0.15, 0.2) is 30.3 Å². The Morgan fingerprint density at radius 2 is 1.90 bits per heavy atom. The van der Waals surface area contributed by atoms with E-state index in [1.54, 1.807) is 0 Å². The maximum absolute atomic E-state index is 5.62. The lowest BCUT2D eigenvalue weighted by Gasteiger charge is -2.02. The van der Waals surface area contributed by atoms with Crippen molar-refractivity contribution in [2.45, 2.75) is 19.2 Å². The summed E-state index contributed by atoms with van der Waals surface area (Å²) in [6, 6.07) is 10.3. The molecule has 0 amide bonds. The molecule has 0 saturated carbocycles. The standard InChI is InChI=1S/C9H11B/c1-8(10)7-9-5-3-2-4-6-9/h2-6,8H,7H2,1H3. The van der Waals surface area contributed by atoms with E-state index >= 15 is 0 Å². The number of benzene rings is 1. The summed E-state index contributed by atoms with van der Waals surface area (Å²) in [5.41, 5.74) is 1.32. The topological polar surface area (TPSA) is 0 Å². The van der Waals surface area contributed by atoms with Crippen molar-refractivity contribution < 1.29 is 0 Å². The maximum atomic E-state index is 5.62. The van der Waals surface area contributed by atoms with E-state index in [1.807, 2.05) is 25.1 Å². The molecule has 1 unspecified atom stereocenters. The van der Waals surface area contributed by atoms with Crippen molar-refractivity contribution in [1.29, 1.82) is 0 Å². The summed E-state index contributed by atoms with van der Waals surface area (Å²) in [5, 5.41) is 0. The van der Waals surface area contributed by atoms with Gasteiger partial charge in [0.2, 0.25) is 0 Å². The fraction of sp³-hybridized carbons (Fsp3) is 0.333. The molecule has 0 bridgehead atoms. The normalized spacial score (nSPS) is 12.9. The van der Waals surface area contributed by atoms with Crippen LogP contribution in [0, 0.1) is 0 Å². The Morgan fingerprint density at radius 3 is 2.40 bits per heavy atom. The second-order valence-electron chi connectivity index (χ2n) is 2.67. The van der Waals surface area contributed by atoms with E-state index in [9.17, 15) is 0 Å². The van der Waals surface area contributed by atoms with E-state index in [4.69, 9.17) is 7.85 Å². The van der Waals surface area contributed by atoms with Gasteiger partial charge < -0.3 is 0 Å². The van der Waals surface area contributed by atoms with Gasteiger partial charge in [-0.1, -0.05) is 43.1 Å². The molecule has 0 aromatic heterocycles. The molecular weight excluding hydrogens is 119 g/mol. The molecule has 0 saturated heterocycles. The molecule has 1 rings (SSSR count). The molecular formula is C9H11B. The van der Waals surface area contributed by atoms with Crippen molar-refractivity contribution in [3.63, 3.8) is 0 Å². The highest BCUT2D eigenvalue weighted by Gasteiger charge is 1.93. The van der Waals surface area contributed by atoms with Crippen LogP contribution in [0.2, 0.25) is 5.82 Å². The van der Waals surface area contributed by atoms with Crippen LogP contribution in [0.1, 0.15) is 12.5 Å². The van der Waals surface area contributed by atoms with Crippen LogP contribution in [0.25, 0.3) is 0 Å². The lowest BCUT2D eigenvalue weighted by atomic mass is 9.84. The summed E-state index contributed by atoms with van der Waals surface area (Å²) in [6.07, 6.45) is 0.973. The van der Waals surface area contributed by atoms with Crippen LogP contribution in [-0.4, -0.2) is 7.85 Å². The average Bonchev–Trinajstić information content (AvgIpc) is 1.88. The van der Waals surface area contributed by atoms with Gasteiger partial charge in [0.1, 0.15) is 0 Å². The zero-order valence-electron chi connectivity index (χ0n) is 6.25. The SMILES string of the molecule is [B]C(C)Cc1ccccc1. The molecule has 0 nitrogen and oxygen atoms in total. The molecule has 1 aromatic carbocycles. The Morgan fingerprint density at radius 1 is 1.30 bits per heavy atom. The van der Waals surface area contributed by atoms with Crippen LogP contribution >= 0.6 is 0 Å². The van der Waals surface area contributed by atoms with Gasteiger partial charge in [-0.25, -0.2) is 0 Å². The Balaban J connectivity index is 2.59. The third-order valence-electron chi connectivity index (χ3n) is 1.40. The summed E-state index contributed by atoms with van der Waals surface area (Å²) in [6.45, 7) is 2.02. The molecule has 0 aliphatic carbocycles. The smallest absolute Gasteiger partial charge is 0.0700 e. The monoisotopic (exact) mass is 130 g/mol. The number of hydrogen-bond acceptors (Lipinski definition) is 0. The second kappa shape index (κ2) is 3.45. The van der Waals surface area contributed by atoms with E-state index in [-0.39, 0.29) is 5.82 Å². The zero-order valence-corrected chi connectivity index (χ0v) is 6.25. The van der Waals surface area contributed by atoms with Crippen molar-refractivity contribution in [1.82, 2.24) is 0 Å². The number of hydrogen-bond donors (Lipinski definition) is 0. The Hall–Kier alpha value is -0.715. The molecule has 0 aliphatic heterocycles. The molecule has 0 spiro atoms. The van der Waals surface area contributed by atoms with Crippen LogP contribution in [0.3, 0.4) is 0 Å². The Kier molecular flexibility index (Phi) is 2.55. The minimum Gasteiger partial charge on any atom is -0.0762 e. The van der Waals surface area contributed by atoms with Crippen molar-refractivity contribution in [3.8, 4) is 0 Å². The third kappa shape index (κ3) is 2.26. The summed E-state index contributed by atoms with van der Waals surface area (Å²) in [7, 11) is 5.62. The predicted octanol–water partition coefficient (Wildman–Crippen LogP) is 2.21. The molecule has 0 heterocycles. The molecule has 1 atom stereocenters. The van der Waals surface area contributed by atoms with Gasteiger partial charge in [-0.3, -0.25) is 0 Å². The van der Waals surface area contributed by atoms with Gasteiger partial charge >= 0.3 is 0 Å². The first-order valence-electron chi connectivity index (χ1n) is 3.58. The Bertz CT molecular complexity index is 179.